The first-order valence-electron chi connectivity index (χ1n) is 5.06. The van der Waals surface area contributed by atoms with Crippen molar-refractivity contribution >= 4 is 0 Å². The third-order valence-corrected chi connectivity index (χ3v) is 2.35. The fourth-order valence-corrected chi connectivity index (χ4v) is 1.57. The molecule has 0 saturated heterocycles. The molecule has 0 bridgehead atoms. The van der Waals surface area contributed by atoms with Gasteiger partial charge in [-0.3, -0.25) is 0 Å². The second-order valence-corrected chi connectivity index (χ2v) is 3.30. The van der Waals surface area contributed by atoms with Gasteiger partial charge in [-0.25, -0.2) is 0 Å². The molecule has 1 rings (SSSR count). The summed E-state index contributed by atoms with van der Waals surface area (Å²) in [5, 5.41) is 8.67. The Balaban J connectivity index is 2.54. The number of hydrogen-bond acceptors (Lipinski definition) is 1. The zero-order valence-electron chi connectivity index (χ0n) is 8.29. The van der Waals surface area contributed by atoms with Crippen LogP contribution in [0.25, 0.3) is 0 Å². The minimum atomic E-state index is 0.314. The van der Waals surface area contributed by atoms with Gasteiger partial charge in [-0.1, -0.05) is 31.2 Å². The average Bonchev–Trinajstić information content (AvgIpc) is 2.19. The molecule has 0 spiro atoms. The summed E-state index contributed by atoms with van der Waals surface area (Å²) in [5.74, 6) is 0. The maximum absolute atomic E-state index is 8.67. The molecule has 0 aliphatic carbocycles. The Bertz CT molecular complexity index is 243. The lowest BCUT2D eigenvalue weighted by Gasteiger charge is -2.06. The van der Waals surface area contributed by atoms with Crippen LogP contribution in [0.3, 0.4) is 0 Å². The van der Waals surface area contributed by atoms with Crippen LogP contribution in [0.4, 0.5) is 0 Å². The summed E-state index contributed by atoms with van der Waals surface area (Å²) in [6.45, 7) is 2.50. The van der Waals surface area contributed by atoms with E-state index in [0.717, 1.165) is 25.7 Å². The van der Waals surface area contributed by atoms with Crippen molar-refractivity contribution in [2.75, 3.05) is 6.61 Å². The van der Waals surface area contributed by atoms with Crippen LogP contribution in [0.15, 0.2) is 24.3 Å². The first kappa shape index (κ1) is 10.3. The lowest BCUT2D eigenvalue weighted by Crippen LogP contribution is -1.93. The van der Waals surface area contributed by atoms with E-state index in [1.807, 2.05) is 0 Å². The molecule has 0 radical (unpaired) electrons. The van der Waals surface area contributed by atoms with Gasteiger partial charge in [0.15, 0.2) is 0 Å². The minimum absolute atomic E-state index is 0.314. The molecule has 0 fully saturated rings. The monoisotopic (exact) mass is 178 g/mol. The van der Waals surface area contributed by atoms with Crippen LogP contribution in [0.2, 0.25) is 0 Å². The molecule has 0 aliphatic heterocycles. The largest absolute Gasteiger partial charge is 0.396 e. The first-order valence-corrected chi connectivity index (χ1v) is 5.06. The smallest absolute Gasteiger partial charge is 0.0431 e. The van der Waals surface area contributed by atoms with Crippen molar-refractivity contribution in [1.82, 2.24) is 0 Å². The highest BCUT2D eigenvalue weighted by Gasteiger charge is 1.98. The number of aryl methyl sites for hydroxylation is 2. The first-order chi connectivity index (χ1) is 6.38. The number of benzene rings is 1. The molecule has 0 unspecified atom stereocenters. The third kappa shape index (κ3) is 3.19. The fourth-order valence-electron chi connectivity index (χ4n) is 1.57. The lowest BCUT2D eigenvalue weighted by atomic mass is 10.0. The summed E-state index contributed by atoms with van der Waals surface area (Å²) in [7, 11) is 0. The molecule has 72 valence electrons. The van der Waals surface area contributed by atoms with E-state index in [-0.39, 0.29) is 0 Å². The van der Waals surface area contributed by atoms with E-state index in [0.29, 0.717) is 6.61 Å². The molecular formula is C12H18O. The zero-order valence-corrected chi connectivity index (χ0v) is 8.29. The van der Waals surface area contributed by atoms with Crippen LogP contribution in [-0.4, -0.2) is 11.7 Å². The van der Waals surface area contributed by atoms with Gasteiger partial charge in [0.1, 0.15) is 0 Å². The SMILES string of the molecule is CCc1ccccc1CCCCO. The van der Waals surface area contributed by atoms with Gasteiger partial charge in [0, 0.05) is 6.61 Å². The Kier molecular flexibility index (Phi) is 4.55. The standard InChI is InChI=1S/C12H18O/c1-2-11-7-3-4-8-12(11)9-5-6-10-13/h3-4,7-8,13H,2,5-6,9-10H2,1H3. The van der Waals surface area contributed by atoms with Crippen LogP contribution >= 0.6 is 0 Å². The number of aliphatic hydroxyl groups excluding tert-OH is 1. The van der Waals surface area contributed by atoms with Crippen LogP contribution in [0.5, 0.6) is 0 Å². The van der Waals surface area contributed by atoms with Crippen LogP contribution in [0, 0.1) is 0 Å². The van der Waals surface area contributed by atoms with Crippen molar-refractivity contribution < 1.29 is 5.11 Å². The molecule has 1 aromatic carbocycles. The second kappa shape index (κ2) is 5.76. The van der Waals surface area contributed by atoms with Crippen LogP contribution in [0.1, 0.15) is 30.9 Å². The summed E-state index contributed by atoms with van der Waals surface area (Å²) < 4.78 is 0. The molecule has 0 heterocycles. The molecule has 1 N–H and O–H groups in total. The number of aliphatic hydroxyl groups is 1. The van der Waals surface area contributed by atoms with E-state index >= 15 is 0 Å². The van der Waals surface area contributed by atoms with Crippen molar-refractivity contribution in [3.05, 3.63) is 35.4 Å². The number of hydrogen-bond donors (Lipinski definition) is 1. The van der Waals surface area contributed by atoms with Crippen molar-refractivity contribution in [1.29, 1.82) is 0 Å². The maximum atomic E-state index is 8.67. The van der Waals surface area contributed by atoms with Gasteiger partial charge in [0.05, 0.1) is 0 Å². The molecule has 13 heavy (non-hydrogen) atoms. The molecule has 1 heteroatoms. The molecule has 0 amide bonds. The fraction of sp³-hybridized carbons (Fsp3) is 0.500. The third-order valence-electron chi connectivity index (χ3n) is 2.35. The lowest BCUT2D eigenvalue weighted by molar-refractivity contribution is 0.284. The molecule has 0 aromatic heterocycles. The van der Waals surface area contributed by atoms with Gasteiger partial charge in [-0.05, 0) is 36.8 Å². The maximum Gasteiger partial charge on any atom is 0.0431 e. The van der Waals surface area contributed by atoms with Crippen LogP contribution in [-0.2, 0) is 12.8 Å². The normalized spacial score (nSPS) is 10.3. The summed E-state index contributed by atoms with van der Waals surface area (Å²) >= 11 is 0. The highest BCUT2D eigenvalue weighted by Crippen LogP contribution is 2.12. The average molecular weight is 178 g/mol. The quantitative estimate of drug-likeness (QED) is 0.687. The second-order valence-electron chi connectivity index (χ2n) is 3.30. The molecule has 0 aliphatic rings. The molecular weight excluding hydrogens is 160 g/mol. The molecule has 0 atom stereocenters. The molecule has 0 saturated carbocycles. The van der Waals surface area contributed by atoms with Gasteiger partial charge in [-0.2, -0.15) is 0 Å². The topological polar surface area (TPSA) is 20.2 Å². The van der Waals surface area contributed by atoms with Gasteiger partial charge >= 0.3 is 0 Å². The zero-order chi connectivity index (χ0) is 9.52. The predicted octanol–water partition coefficient (Wildman–Crippen LogP) is 2.56. The van der Waals surface area contributed by atoms with Crippen LogP contribution < -0.4 is 0 Å². The highest BCUT2D eigenvalue weighted by atomic mass is 16.2. The molecule has 1 nitrogen and oxygen atoms in total. The van der Waals surface area contributed by atoms with E-state index < -0.39 is 0 Å². The Hall–Kier alpha value is -0.820. The number of rotatable bonds is 5. The predicted molar refractivity (Wildman–Crippen MR) is 55.8 cm³/mol. The van der Waals surface area contributed by atoms with Gasteiger partial charge in [0.25, 0.3) is 0 Å². The molecule has 1 aromatic rings. The Morgan fingerprint density at radius 1 is 1.08 bits per heavy atom. The van der Waals surface area contributed by atoms with Gasteiger partial charge < -0.3 is 5.11 Å². The van der Waals surface area contributed by atoms with Crippen molar-refractivity contribution in [2.24, 2.45) is 0 Å². The summed E-state index contributed by atoms with van der Waals surface area (Å²) in [4.78, 5) is 0. The van der Waals surface area contributed by atoms with E-state index in [1.165, 1.54) is 11.1 Å². The Labute approximate surface area is 80.4 Å². The van der Waals surface area contributed by atoms with Crippen molar-refractivity contribution in [2.45, 2.75) is 32.6 Å². The summed E-state index contributed by atoms with van der Waals surface area (Å²) in [5.41, 5.74) is 2.89. The van der Waals surface area contributed by atoms with E-state index in [4.69, 9.17) is 5.11 Å². The summed E-state index contributed by atoms with van der Waals surface area (Å²) in [6.07, 6.45) is 4.21. The van der Waals surface area contributed by atoms with Crippen molar-refractivity contribution in [3.63, 3.8) is 0 Å². The van der Waals surface area contributed by atoms with Gasteiger partial charge in [0.2, 0.25) is 0 Å². The van der Waals surface area contributed by atoms with E-state index in [9.17, 15) is 0 Å². The highest BCUT2D eigenvalue weighted by molar-refractivity contribution is 5.26. The Morgan fingerprint density at radius 2 is 1.77 bits per heavy atom. The van der Waals surface area contributed by atoms with E-state index in [1.54, 1.807) is 0 Å². The minimum Gasteiger partial charge on any atom is -0.396 e. The number of unbranched alkanes of at least 4 members (excludes halogenated alkanes) is 1. The van der Waals surface area contributed by atoms with Crippen molar-refractivity contribution in [3.8, 4) is 0 Å². The van der Waals surface area contributed by atoms with Gasteiger partial charge in [-0.15, -0.1) is 0 Å². The van der Waals surface area contributed by atoms with E-state index in [2.05, 4.69) is 31.2 Å². The summed E-state index contributed by atoms with van der Waals surface area (Å²) in [6, 6.07) is 8.56. The Morgan fingerprint density at radius 3 is 2.38 bits per heavy atom.